The first-order valence-corrected chi connectivity index (χ1v) is 14.7. The monoisotopic (exact) mass is 576 g/mol. The minimum absolute atomic E-state index is 0.929. The fraction of sp³-hybridized carbons (Fsp3) is 0. The van der Waals surface area contributed by atoms with Gasteiger partial charge in [-0.15, -0.1) is 0 Å². The summed E-state index contributed by atoms with van der Waals surface area (Å²) in [6.45, 7) is 0. The molecule has 0 saturated carbocycles. The van der Waals surface area contributed by atoms with E-state index in [1.165, 1.54) is 0 Å². The average molecular weight is 577 g/mol. The zero-order chi connectivity index (χ0) is 31.2. The summed E-state index contributed by atoms with van der Waals surface area (Å²) in [4.78, 5) is 0. The Morgan fingerprint density at radius 3 is 0.522 bits per heavy atom. The summed E-state index contributed by atoms with van der Waals surface area (Å²) < 4.78 is 0. The molecule has 5 aromatic rings. The Labute approximate surface area is 271 Å². The van der Waals surface area contributed by atoms with Crippen molar-refractivity contribution < 1.29 is 0 Å². The highest BCUT2D eigenvalue weighted by atomic mass is 14.0. The normalized spacial score (nSPS) is 12.3. The maximum Gasteiger partial charge on any atom is 0.0249 e. The quantitative estimate of drug-likeness (QED) is 0.163. The lowest BCUT2D eigenvalue weighted by Crippen LogP contribution is -1.81. The minimum Gasteiger partial charge on any atom is -0.0696 e. The van der Waals surface area contributed by atoms with Crippen molar-refractivity contribution in [3.05, 3.63) is 201 Å². The topological polar surface area (TPSA) is 0 Å². The molecule has 0 heterocycles. The van der Waals surface area contributed by atoms with Crippen LogP contribution in [-0.4, -0.2) is 0 Å². The van der Waals surface area contributed by atoms with Gasteiger partial charge in [0.2, 0.25) is 0 Å². The zero-order valence-corrected chi connectivity index (χ0v) is 24.9. The van der Waals surface area contributed by atoms with Crippen LogP contribution in [-0.2, 0) is 0 Å². The highest BCUT2D eigenvalue weighted by Crippen LogP contribution is 2.08. The van der Waals surface area contributed by atoms with E-state index in [9.17, 15) is 0 Å². The number of hydrogen-bond donors (Lipinski definition) is 0. The molecule has 8 aliphatic rings. The van der Waals surface area contributed by atoms with Crippen LogP contribution in [0.3, 0.4) is 0 Å². The predicted octanol–water partition coefficient (Wildman–Crippen LogP) is 8.11. The predicted molar refractivity (Wildman–Crippen MR) is 188 cm³/mol. The third-order valence-electron chi connectivity index (χ3n) is 6.73. The first-order valence-electron chi connectivity index (χ1n) is 14.7. The Hall–Kier alpha value is -7.06. The maximum atomic E-state index is 3.23. The molecule has 0 aliphatic heterocycles. The molecular formula is C46H24. The molecule has 0 saturated heterocycles. The van der Waals surface area contributed by atoms with Crippen LogP contribution in [0.25, 0.3) is 0 Å². The van der Waals surface area contributed by atoms with Gasteiger partial charge in [-0.1, -0.05) is 83.2 Å². The Bertz CT molecular complexity index is 2140. The summed E-state index contributed by atoms with van der Waals surface area (Å²) >= 11 is 0. The molecule has 0 unspecified atom stereocenters. The fourth-order valence-electron chi connectivity index (χ4n) is 4.22. The van der Waals surface area contributed by atoms with Gasteiger partial charge in [0, 0.05) is 55.6 Å². The smallest absolute Gasteiger partial charge is 0.0249 e. The molecule has 0 aromatic heterocycles. The van der Waals surface area contributed by atoms with Crippen LogP contribution < -0.4 is 0 Å². The van der Waals surface area contributed by atoms with Gasteiger partial charge >= 0.3 is 0 Å². The van der Waals surface area contributed by atoms with Crippen molar-refractivity contribution in [1.82, 2.24) is 0 Å². The number of allylic oxidation sites excluding steroid dienone is 4. The van der Waals surface area contributed by atoms with E-state index in [0.717, 1.165) is 55.6 Å². The van der Waals surface area contributed by atoms with Gasteiger partial charge in [-0.3, -0.25) is 0 Å². The molecular weight excluding hydrogens is 553 g/mol. The van der Waals surface area contributed by atoms with Crippen LogP contribution in [0.2, 0.25) is 0 Å². The van der Waals surface area contributed by atoms with E-state index in [-0.39, 0.29) is 0 Å². The van der Waals surface area contributed by atoms with Crippen LogP contribution in [0.1, 0.15) is 55.6 Å². The summed E-state index contributed by atoms with van der Waals surface area (Å²) in [5, 5.41) is 0. The van der Waals surface area contributed by atoms with Gasteiger partial charge in [0.1, 0.15) is 0 Å². The first-order chi connectivity index (χ1) is 22.7. The van der Waals surface area contributed by atoms with Crippen molar-refractivity contribution in [2.45, 2.75) is 0 Å². The lowest BCUT2D eigenvalue weighted by atomic mass is 10.1. The second-order valence-electron chi connectivity index (χ2n) is 10.1. The zero-order valence-electron chi connectivity index (χ0n) is 24.9. The fourth-order valence-corrected chi connectivity index (χ4v) is 4.22. The maximum absolute atomic E-state index is 3.23. The molecule has 0 nitrogen and oxygen atoms in total. The molecule has 8 aliphatic carbocycles. The largest absolute Gasteiger partial charge is 0.0696 e. The standard InChI is InChI=1S/C46H24/c1-2-4-6-8-38-11-15-40(16-12-38)18-20-42-23-27-44(28-24-42)30-32-46-35-33-45(34-36-46)31-29-43-25-21-41(22-26-43)19-17-39-13-9-37(10-14-39)7-5-3-1/h1-4,9-16,21-28,33-36H/b2-1?,3-1+,4-2+. The van der Waals surface area contributed by atoms with Gasteiger partial charge in [0.15, 0.2) is 0 Å². The molecule has 10 bridgehead atoms. The number of benzene rings is 5. The van der Waals surface area contributed by atoms with E-state index < -0.39 is 0 Å². The highest BCUT2D eigenvalue weighted by molar-refractivity contribution is 5.52. The van der Waals surface area contributed by atoms with E-state index in [1.54, 1.807) is 12.2 Å². The average Bonchev–Trinajstić information content (AvgIpc) is 3.11. The van der Waals surface area contributed by atoms with Gasteiger partial charge in [-0.25, -0.2) is 0 Å². The molecule has 46 heavy (non-hydrogen) atoms. The van der Waals surface area contributed by atoms with Crippen molar-refractivity contribution in [2.24, 2.45) is 0 Å². The Morgan fingerprint density at radius 1 is 0.196 bits per heavy atom. The highest BCUT2D eigenvalue weighted by Gasteiger charge is 1.94. The molecule has 0 N–H and O–H groups in total. The van der Waals surface area contributed by atoms with Gasteiger partial charge in [-0.2, -0.15) is 0 Å². The van der Waals surface area contributed by atoms with Gasteiger partial charge in [-0.05, 0) is 133 Å². The van der Waals surface area contributed by atoms with E-state index in [0.29, 0.717) is 0 Å². The Balaban J connectivity index is 1.24. The summed E-state index contributed by atoms with van der Waals surface area (Å²) in [7, 11) is 0. The van der Waals surface area contributed by atoms with Crippen molar-refractivity contribution in [3.63, 3.8) is 0 Å². The molecule has 208 valence electrons. The molecule has 0 heteroatoms. The van der Waals surface area contributed by atoms with Crippen molar-refractivity contribution >= 4 is 0 Å². The molecule has 0 atom stereocenters. The van der Waals surface area contributed by atoms with Crippen LogP contribution >= 0.6 is 0 Å². The van der Waals surface area contributed by atoms with E-state index >= 15 is 0 Å². The molecule has 13 rings (SSSR count). The Morgan fingerprint density at radius 2 is 0.348 bits per heavy atom. The van der Waals surface area contributed by atoms with E-state index in [2.05, 4.69) is 71.0 Å². The summed E-state index contributed by atoms with van der Waals surface area (Å²) in [6.07, 6.45) is 7.36. The van der Waals surface area contributed by atoms with Crippen molar-refractivity contribution in [3.8, 4) is 71.0 Å². The molecule has 0 fully saturated rings. The van der Waals surface area contributed by atoms with Gasteiger partial charge in [0.05, 0.1) is 0 Å². The minimum atomic E-state index is 0.929. The SMILES string of the molecule is C1#Cc2ccc(cc2)C#Cc2ccc(cc2)C#Cc2ccc(cc2)C#Cc2ccc(cc2)C#Cc2ccc(cc2)C#C/C=C/C=C/1. The molecule has 0 amide bonds. The molecule has 0 spiro atoms. The van der Waals surface area contributed by atoms with Crippen LogP contribution in [0.15, 0.2) is 146 Å². The van der Waals surface area contributed by atoms with Crippen molar-refractivity contribution in [2.75, 3.05) is 0 Å². The second kappa shape index (κ2) is 14.9. The summed E-state index contributed by atoms with van der Waals surface area (Å²) in [5.74, 6) is 38.2. The van der Waals surface area contributed by atoms with Crippen LogP contribution in [0.5, 0.6) is 0 Å². The number of hydrogen-bond acceptors (Lipinski definition) is 0. The summed E-state index contributed by atoms with van der Waals surface area (Å²) in [5.41, 5.74) is 9.33. The number of fused-ring (bicyclic) bond motifs is 1. The lowest BCUT2D eigenvalue weighted by Gasteiger charge is -1.95. The lowest BCUT2D eigenvalue weighted by molar-refractivity contribution is 1.57. The van der Waals surface area contributed by atoms with E-state index in [1.807, 2.05) is 133 Å². The van der Waals surface area contributed by atoms with Gasteiger partial charge < -0.3 is 0 Å². The van der Waals surface area contributed by atoms with Crippen LogP contribution in [0.4, 0.5) is 0 Å². The van der Waals surface area contributed by atoms with Gasteiger partial charge in [0.25, 0.3) is 0 Å². The molecule has 0 radical (unpaired) electrons. The third kappa shape index (κ3) is 8.73. The van der Waals surface area contributed by atoms with E-state index in [4.69, 9.17) is 0 Å². The second-order valence-corrected chi connectivity index (χ2v) is 10.1. The molecule has 5 aromatic carbocycles. The Kier molecular flexibility index (Phi) is 9.41. The number of rotatable bonds is 0. The summed E-state index contributed by atoms with van der Waals surface area (Å²) in [6, 6.07) is 39.8. The van der Waals surface area contributed by atoms with Crippen LogP contribution in [0, 0.1) is 71.0 Å². The third-order valence-corrected chi connectivity index (χ3v) is 6.73. The van der Waals surface area contributed by atoms with Crippen molar-refractivity contribution in [1.29, 1.82) is 0 Å². The first kappa shape index (κ1) is 29.0.